The molecule has 0 spiro atoms. The Morgan fingerprint density at radius 3 is 2.60 bits per heavy atom. The SMILES string of the molecule is CCC(CC)Nc1nc(OC)ccc1N. The largest absolute Gasteiger partial charge is 0.481 e. The Labute approximate surface area is 90.8 Å². The van der Waals surface area contributed by atoms with Gasteiger partial charge in [-0.1, -0.05) is 13.8 Å². The van der Waals surface area contributed by atoms with Gasteiger partial charge in [-0.2, -0.15) is 4.98 Å². The van der Waals surface area contributed by atoms with Crippen molar-refractivity contribution in [2.24, 2.45) is 0 Å². The third-order valence-electron chi connectivity index (χ3n) is 2.44. The molecule has 0 radical (unpaired) electrons. The first-order valence-corrected chi connectivity index (χ1v) is 5.28. The van der Waals surface area contributed by atoms with Crippen molar-refractivity contribution >= 4 is 11.5 Å². The third-order valence-corrected chi connectivity index (χ3v) is 2.44. The summed E-state index contributed by atoms with van der Waals surface area (Å²) < 4.78 is 5.05. The van der Waals surface area contributed by atoms with E-state index in [0.29, 0.717) is 23.4 Å². The number of hydrogen-bond donors (Lipinski definition) is 2. The number of nitrogens with two attached hydrogens (primary N) is 1. The van der Waals surface area contributed by atoms with Gasteiger partial charge in [0.2, 0.25) is 5.88 Å². The number of pyridine rings is 1. The van der Waals surface area contributed by atoms with Crippen molar-refractivity contribution < 1.29 is 4.74 Å². The maximum absolute atomic E-state index is 5.82. The van der Waals surface area contributed by atoms with Crippen LogP contribution in [0.5, 0.6) is 5.88 Å². The smallest absolute Gasteiger partial charge is 0.215 e. The lowest BCUT2D eigenvalue weighted by Gasteiger charge is -2.17. The van der Waals surface area contributed by atoms with E-state index < -0.39 is 0 Å². The Balaban J connectivity index is 2.82. The second-order valence-electron chi connectivity index (χ2n) is 3.45. The van der Waals surface area contributed by atoms with Crippen molar-refractivity contribution in [2.75, 3.05) is 18.2 Å². The van der Waals surface area contributed by atoms with E-state index in [1.54, 1.807) is 19.2 Å². The molecule has 0 bridgehead atoms. The van der Waals surface area contributed by atoms with E-state index in [1.807, 2.05) is 0 Å². The monoisotopic (exact) mass is 209 g/mol. The molecule has 1 heterocycles. The van der Waals surface area contributed by atoms with Gasteiger partial charge in [0.05, 0.1) is 12.8 Å². The van der Waals surface area contributed by atoms with Gasteiger partial charge >= 0.3 is 0 Å². The van der Waals surface area contributed by atoms with Crippen LogP contribution in [0.2, 0.25) is 0 Å². The minimum atomic E-state index is 0.409. The van der Waals surface area contributed by atoms with E-state index in [2.05, 4.69) is 24.1 Å². The molecule has 0 unspecified atom stereocenters. The lowest BCUT2D eigenvalue weighted by atomic mass is 10.2. The van der Waals surface area contributed by atoms with Crippen LogP contribution in [-0.2, 0) is 0 Å². The molecule has 1 rings (SSSR count). The zero-order valence-electron chi connectivity index (χ0n) is 9.58. The summed E-state index contributed by atoms with van der Waals surface area (Å²) in [7, 11) is 1.60. The number of methoxy groups -OCH3 is 1. The molecule has 1 aromatic rings. The molecule has 1 aromatic heterocycles. The Bertz CT molecular complexity index is 311. The Kier molecular flexibility index (Phi) is 4.21. The molecule has 4 nitrogen and oxygen atoms in total. The quantitative estimate of drug-likeness (QED) is 0.781. The molecule has 84 valence electrons. The van der Waals surface area contributed by atoms with Crippen LogP contribution >= 0.6 is 0 Å². The average molecular weight is 209 g/mol. The van der Waals surface area contributed by atoms with Gasteiger partial charge in [0, 0.05) is 12.1 Å². The van der Waals surface area contributed by atoms with Crippen molar-refractivity contribution in [2.45, 2.75) is 32.7 Å². The number of nitrogen functional groups attached to an aromatic ring is 1. The predicted molar refractivity (Wildman–Crippen MR) is 63.2 cm³/mol. The molecule has 0 aromatic carbocycles. The molecule has 0 atom stereocenters. The van der Waals surface area contributed by atoms with Gasteiger partial charge in [-0.3, -0.25) is 0 Å². The highest BCUT2D eigenvalue weighted by atomic mass is 16.5. The van der Waals surface area contributed by atoms with Crippen LogP contribution < -0.4 is 15.8 Å². The Morgan fingerprint density at radius 2 is 2.07 bits per heavy atom. The molecular formula is C11H19N3O. The van der Waals surface area contributed by atoms with Gasteiger partial charge in [-0.15, -0.1) is 0 Å². The van der Waals surface area contributed by atoms with Crippen molar-refractivity contribution in [3.05, 3.63) is 12.1 Å². The predicted octanol–water partition coefficient (Wildman–Crippen LogP) is 2.27. The first-order chi connectivity index (χ1) is 7.21. The standard InChI is InChI=1S/C11H19N3O/c1-4-8(5-2)13-11-9(12)6-7-10(14-11)15-3/h6-8H,4-5,12H2,1-3H3,(H,13,14). The zero-order chi connectivity index (χ0) is 11.3. The molecule has 0 saturated heterocycles. The number of aromatic nitrogens is 1. The second-order valence-corrected chi connectivity index (χ2v) is 3.45. The number of anilines is 2. The topological polar surface area (TPSA) is 60.2 Å². The number of rotatable bonds is 5. The van der Waals surface area contributed by atoms with Gasteiger partial charge in [-0.25, -0.2) is 0 Å². The van der Waals surface area contributed by atoms with E-state index in [4.69, 9.17) is 10.5 Å². The number of nitrogens with one attached hydrogen (secondary N) is 1. The van der Waals surface area contributed by atoms with E-state index in [1.165, 1.54) is 0 Å². The van der Waals surface area contributed by atoms with Crippen LogP contribution in [0.15, 0.2) is 12.1 Å². The normalized spacial score (nSPS) is 10.4. The van der Waals surface area contributed by atoms with Crippen molar-refractivity contribution in [3.8, 4) is 5.88 Å². The molecule has 0 aliphatic rings. The van der Waals surface area contributed by atoms with Crippen LogP contribution in [0.1, 0.15) is 26.7 Å². The molecule has 0 amide bonds. The van der Waals surface area contributed by atoms with Crippen LogP contribution in [-0.4, -0.2) is 18.1 Å². The van der Waals surface area contributed by atoms with Crippen molar-refractivity contribution in [1.29, 1.82) is 0 Å². The molecule has 0 aliphatic heterocycles. The summed E-state index contributed by atoms with van der Waals surface area (Å²) in [6.07, 6.45) is 2.10. The van der Waals surface area contributed by atoms with Gasteiger partial charge in [0.15, 0.2) is 5.82 Å². The van der Waals surface area contributed by atoms with E-state index in [0.717, 1.165) is 12.8 Å². The Morgan fingerprint density at radius 1 is 1.40 bits per heavy atom. The summed E-state index contributed by atoms with van der Waals surface area (Å²) >= 11 is 0. The molecule has 15 heavy (non-hydrogen) atoms. The van der Waals surface area contributed by atoms with Crippen LogP contribution in [0.3, 0.4) is 0 Å². The number of nitrogens with zero attached hydrogens (tertiary/aromatic N) is 1. The fourth-order valence-corrected chi connectivity index (χ4v) is 1.37. The Hall–Kier alpha value is -1.45. The van der Waals surface area contributed by atoms with Crippen molar-refractivity contribution in [3.63, 3.8) is 0 Å². The highest BCUT2D eigenvalue weighted by Crippen LogP contribution is 2.21. The summed E-state index contributed by atoms with van der Waals surface area (Å²) in [6, 6.07) is 3.97. The van der Waals surface area contributed by atoms with Gasteiger partial charge in [-0.05, 0) is 18.9 Å². The average Bonchev–Trinajstić information content (AvgIpc) is 2.28. The summed E-state index contributed by atoms with van der Waals surface area (Å²) in [6.45, 7) is 4.27. The van der Waals surface area contributed by atoms with Crippen LogP contribution in [0.25, 0.3) is 0 Å². The molecule has 0 fully saturated rings. The molecule has 3 N–H and O–H groups in total. The minimum Gasteiger partial charge on any atom is -0.481 e. The van der Waals surface area contributed by atoms with Crippen LogP contribution in [0.4, 0.5) is 11.5 Å². The summed E-state index contributed by atoms with van der Waals surface area (Å²) in [5, 5.41) is 3.31. The molecule has 0 aliphatic carbocycles. The van der Waals surface area contributed by atoms with E-state index in [-0.39, 0.29) is 0 Å². The first-order valence-electron chi connectivity index (χ1n) is 5.28. The second kappa shape index (κ2) is 5.44. The summed E-state index contributed by atoms with van der Waals surface area (Å²) in [5.74, 6) is 1.29. The maximum atomic E-state index is 5.82. The zero-order valence-corrected chi connectivity index (χ0v) is 9.58. The lowest BCUT2D eigenvalue weighted by Crippen LogP contribution is -2.19. The first kappa shape index (κ1) is 11.6. The van der Waals surface area contributed by atoms with E-state index in [9.17, 15) is 0 Å². The third kappa shape index (κ3) is 3.01. The number of hydrogen-bond acceptors (Lipinski definition) is 4. The highest BCUT2D eigenvalue weighted by molar-refractivity contribution is 5.62. The fraction of sp³-hybridized carbons (Fsp3) is 0.545. The van der Waals surface area contributed by atoms with Gasteiger partial charge < -0.3 is 15.8 Å². The maximum Gasteiger partial charge on any atom is 0.215 e. The lowest BCUT2D eigenvalue weighted by molar-refractivity contribution is 0.398. The minimum absolute atomic E-state index is 0.409. The summed E-state index contributed by atoms with van der Waals surface area (Å²) in [4.78, 5) is 4.27. The molecular weight excluding hydrogens is 190 g/mol. The van der Waals surface area contributed by atoms with E-state index >= 15 is 0 Å². The fourth-order valence-electron chi connectivity index (χ4n) is 1.37. The van der Waals surface area contributed by atoms with Crippen LogP contribution in [0, 0.1) is 0 Å². The highest BCUT2D eigenvalue weighted by Gasteiger charge is 2.07. The van der Waals surface area contributed by atoms with Crippen molar-refractivity contribution in [1.82, 2.24) is 4.98 Å². The molecule has 0 saturated carbocycles. The van der Waals surface area contributed by atoms with Gasteiger partial charge in [0.1, 0.15) is 0 Å². The molecule has 4 heteroatoms. The summed E-state index contributed by atoms with van der Waals surface area (Å²) in [5.41, 5.74) is 6.48. The van der Waals surface area contributed by atoms with Gasteiger partial charge in [0.25, 0.3) is 0 Å². The number of ether oxygens (including phenoxy) is 1.